The smallest absolute Gasteiger partial charge is 0.257 e. The summed E-state index contributed by atoms with van der Waals surface area (Å²) in [6, 6.07) is 3.24. The molecule has 18 heavy (non-hydrogen) atoms. The van der Waals surface area contributed by atoms with Crippen LogP contribution in [0.15, 0.2) is 18.3 Å². The minimum atomic E-state index is -0.279. The van der Waals surface area contributed by atoms with Crippen molar-refractivity contribution in [3.05, 3.63) is 29.0 Å². The van der Waals surface area contributed by atoms with Crippen molar-refractivity contribution >= 4 is 23.4 Å². The molecule has 0 saturated carbocycles. The molecule has 1 aromatic heterocycles. The van der Waals surface area contributed by atoms with E-state index in [9.17, 15) is 9.59 Å². The van der Waals surface area contributed by atoms with Crippen molar-refractivity contribution in [2.75, 3.05) is 20.1 Å². The first-order valence-corrected chi connectivity index (χ1v) is 6.08. The quantitative estimate of drug-likeness (QED) is 0.821. The van der Waals surface area contributed by atoms with E-state index < -0.39 is 0 Å². The Morgan fingerprint density at radius 1 is 1.50 bits per heavy atom. The van der Waals surface area contributed by atoms with Crippen LogP contribution in [0.1, 0.15) is 23.7 Å². The van der Waals surface area contributed by atoms with E-state index in [1.54, 1.807) is 12.1 Å². The highest BCUT2D eigenvalue weighted by Crippen LogP contribution is 2.14. The Labute approximate surface area is 111 Å². The van der Waals surface area contributed by atoms with Gasteiger partial charge in [-0.15, -0.1) is 0 Å². The maximum atomic E-state index is 12.2. The van der Waals surface area contributed by atoms with Gasteiger partial charge in [-0.05, 0) is 18.6 Å². The second-order valence-corrected chi connectivity index (χ2v) is 4.10. The van der Waals surface area contributed by atoms with Gasteiger partial charge in [0.25, 0.3) is 5.91 Å². The molecule has 0 radical (unpaired) electrons. The Hall–Kier alpha value is -1.62. The number of hydrogen-bond donors (Lipinski definition) is 1. The number of aromatic nitrogens is 1. The van der Waals surface area contributed by atoms with Crippen LogP contribution in [0.25, 0.3) is 0 Å². The summed E-state index contributed by atoms with van der Waals surface area (Å²) < 4.78 is 0. The molecule has 0 bridgehead atoms. The van der Waals surface area contributed by atoms with Gasteiger partial charge in [-0.25, -0.2) is 4.98 Å². The topological polar surface area (TPSA) is 62.3 Å². The van der Waals surface area contributed by atoms with E-state index in [1.807, 2.05) is 6.92 Å². The largest absolute Gasteiger partial charge is 0.358 e. The van der Waals surface area contributed by atoms with Gasteiger partial charge in [-0.2, -0.15) is 0 Å². The fraction of sp³-hybridized carbons (Fsp3) is 0.417. The average molecular weight is 270 g/mol. The fourth-order valence-electron chi connectivity index (χ4n) is 1.49. The summed E-state index contributed by atoms with van der Waals surface area (Å²) in [5, 5.41) is 2.65. The lowest BCUT2D eigenvalue weighted by Gasteiger charge is -2.21. The Kier molecular flexibility index (Phi) is 5.58. The summed E-state index contributed by atoms with van der Waals surface area (Å²) in [5.74, 6) is -0.490. The van der Waals surface area contributed by atoms with Crippen molar-refractivity contribution in [3.8, 4) is 0 Å². The lowest BCUT2D eigenvalue weighted by Crippen LogP contribution is -2.40. The number of nitrogens with zero attached hydrogens (tertiary/aromatic N) is 2. The first-order valence-electron chi connectivity index (χ1n) is 5.70. The van der Waals surface area contributed by atoms with Crippen LogP contribution in [0.4, 0.5) is 0 Å². The molecular formula is C12H16ClN3O2. The molecule has 0 aliphatic carbocycles. The van der Waals surface area contributed by atoms with E-state index in [4.69, 9.17) is 11.6 Å². The number of carbonyl (C=O) groups is 2. The van der Waals surface area contributed by atoms with Gasteiger partial charge in [-0.1, -0.05) is 18.5 Å². The number of hydrogen-bond acceptors (Lipinski definition) is 3. The van der Waals surface area contributed by atoms with Crippen LogP contribution in [0.5, 0.6) is 0 Å². The van der Waals surface area contributed by atoms with Gasteiger partial charge in [0.15, 0.2) is 0 Å². The van der Waals surface area contributed by atoms with Crippen molar-refractivity contribution in [2.24, 2.45) is 0 Å². The van der Waals surface area contributed by atoms with Crippen LogP contribution >= 0.6 is 11.6 Å². The molecule has 6 heteroatoms. The number of pyridine rings is 1. The molecule has 0 saturated heterocycles. The number of amides is 2. The molecule has 1 rings (SSSR count). The van der Waals surface area contributed by atoms with Crippen LogP contribution in [0.2, 0.25) is 5.15 Å². The van der Waals surface area contributed by atoms with E-state index in [1.165, 1.54) is 18.1 Å². The maximum Gasteiger partial charge on any atom is 0.257 e. The summed E-state index contributed by atoms with van der Waals surface area (Å²) in [7, 11) is 1.54. The number of rotatable bonds is 5. The van der Waals surface area contributed by atoms with E-state index in [0.29, 0.717) is 12.1 Å². The molecule has 0 fully saturated rings. The second kappa shape index (κ2) is 6.96. The minimum absolute atomic E-state index is 0.0222. The van der Waals surface area contributed by atoms with Gasteiger partial charge in [0.1, 0.15) is 5.15 Å². The molecule has 1 heterocycles. The van der Waals surface area contributed by atoms with E-state index in [2.05, 4.69) is 10.3 Å². The zero-order valence-electron chi connectivity index (χ0n) is 10.4. The summed E-state index contributed by atoms with van der Waals surface area (Å²) in [6.07, 6.45) is 2.28. The Bertz CT molecular complexity index is 437. The zero-order valence-corrected chi connectivity index (χ0v) is 11.2. The van der Waals surface area contributed by atoms with Crippen LogP contribution < -0.4 is 5.32 Å². The monoisotopic (exact) mass is 269 g/mol. The Morgan fingerprint density at radius 2 is 2.22 bits per heavy atom. The van der Waals surface area contributed by atoms with Gasteiger partial charge in [0, 0.05) is 19.8 Å². The summed E-state index contributed by atoms with van der Waals surface area (Å²) >= 11 is 5.87. The third-order valence-corrected chi connectivity index (χ3v) is 2.68. The van der Waals surface area contributed by atoms with E-state index in [0.717, 1.165) is 6.42 Å². The minimum Gasteiger partial charge on any atom is -0.358 e. The summed E-state index contributed by atoms with van der Waals surface area (Å²) in [4.78, 5) is 28.9. The molecule has 2 amide bonds. The van der Waals surface area contributed by atoms with Crippen molar-refractivity contribution in [2.45, 2.75) is 13.3 Å². The number of likely N-dealkylation sites (N-methyl/N-ethyl adjacent to an activating group) is 1. The lowest BCUT2D eigenvalue weighted by atomic mass is 10.2. The third kappa shape index (κ3) is 3.70. The van der Waals surface area contributed by atoms with Crippen LogP contribution in [-0.2, 0) is 4.79 Å². The molecule has 0 aromatic carbocycles. The highest BCUT2D eigenvalue weighted by atomic mass is 35.5. The van der Waals surface area contributed by atoms with Crippen molar-refractivity contribution in [1.29, 1.82) is 0 Å². The molecule has 0 unspecified atom stereocenters. The van der Waals surface area contributed by atoms with Crippen LogP contribution in [0.3, 0.4) is 0 Å². The molecule has 0 aliphatic heterocycles. The van der Waals surface area contributed by atoms with Crippen molar-refractivity contribution < 1.29 is 9.59 Å². The van der Waals surface area contributed by atoms with Gasteiger partial charge in [0.05, 0.1) is 12.1 Å². The van der Waals surface area contributed by atoms with E-state index in [-0.39, 0.29) is 23.5 Å². The Morgan fingerprint density at radius 3 is 2.78 bits per heavy atom. The van der Waals surface area contributed by atoms with Crippen LogP contribution in [-0.4, -0.2) is 41.8 Å². The maximum absolute atomic E-state index is 12.2. The number of halogens is 1. The highest BCUT2D eigenvalue weighted by Gasteiger charge is 2.20. The molecule has 1 N–H and O–H groups in total. The Balaban J connectivity index is 2.89. The standard InChI is InChI=1S/C12H16ClN3O2/c1-3-7-16(8-10(17)14-2)12(18)9-5-4-6-15-11(9)13/h4-6H,3,7-8H2,1-2H3,(H,14,17). The molecule has 0 aliphatic rings. The van der Waals surface area contributed by atoms with Gasteiger partial charge >= 0.3 is 0 Å². The number of carbonyl (C=O) groups excluding carboxylic acids is 2. The molecule has 5 nitrogen and oxygen atoms in total. The fourth-order valence-corrected chi connectivity index (χ4v) is 1.69. The first kappa shape index (κ1) is 14.4. The molecule has 0 atom stereocenters. The van der Waals surface area contributed by atoms with Crippen molar-refractivity contribution in [1.82, 2.24) is 15.2 Å². The molecular weight excluding hydrogens is 254 g/mol. The molecule has 1 aromatic rings. The summed E-state index contributed by atoms with van der Waals surface area (Å²) in [5.41, 5.74) is 0.316. The lowest BCUT2D eigenvalue weighted by molar-refractivity contribution is -0.121. The highest BCUT2D eigenvalue weighted by molar-refractivity contribution is 6.32. The van der Waals surface area contributed by atoms with Gasteiger partial charge in [0.2, 0.25) is 5.91 Å². The predicted molar refractivity (Wildman–Crippen MR) is 69.5 cm³/mol. The van der Waals surface area contributed by atoms with Gasteiger partial charge in [-0.3, -0.25) is 9.59 Å². The molecule has 0 spiro atoms. The second-order valence-electron chi connectivity index (χ2n) is 3.74. The SMILES string of the molecule is CCCN(CC(=O)NC)C(=O)c1cccnc1Cl. The first-order chi connectivity index (χ1) is 8.60. The summed E-state index contributed by atoms with van der Waals surface area (Å²) in [6.45, 7) is 2.46. The normalized spacial score (nSPS) is 9.94. The number of nitrogens with one attached hydrogen (secondary N) is 1. The average Bonchev–Trinajstić information content (AvgIpc) is 2.38. The van der Waals surface area contributed by atoms with Crippen molar-refractivity contribution in [3.63, 3.8) is 0 Å². The van der Waals surface area contributed by atoms with Gasteiger partial charge < -0.3 is 10.2 Å². The zero-order chi connectivity index (χ0) is 13.5. The van der Waals surface area contributed by atoms with Crippen LogP contribution in [0, 0.1) is 0 Å². The molecule has 98 valence electrons. The third-order valence-electron chi connectivity index (χ3n) is 2.38. The van der Waals surface area contributed by atoms with E-state index >= 15 is 0 Å². The predicted octanol–water partition coefficient (Wildman–Crippen LogP) is 1.33.